The van der Waals surface area contributed by atoms with E-state index >= 15 is 0 Å². The summed E-state index contributed by atoms with van der Waals surface area (Å²) in [4.78, 5) is 8.37. The van der Waals surface area contributed by atoms with Gasteiger partial charge in [-0.2, -0.15) is 0 Å². The third-order valence-electron chi connectivity index (χ3n) is 3.29. The maximum atomic E-state index is 10.5. The molecule has 2 aromatic heterocycles. The van der Waals surface area contributed by atoms with E-state index in [9.17, 15) is 13.0 Å². The first-order valence-corrected chi connectivity index (χ1v) is 9.12. The summed E-state index contributed by atoms with van der Waals surface area (Å²) < 4.78 is 42.7. The van der Waals surface area contributed by atoms with Crippen LogP contribution in [0.15, 0.2) is 47.1 Å². The molecule has 0 fully saturated rings. The predicted molar refractivity (Wildman–Crippen MR) is 91.9 cm³/mol. The minimum absolute atomic E-state index is 0. The van der Waals surface area contributed by atoms with Crippen molar-refractivity contribution in [1.29, 1.82) is 0 Å². The van der Waals surface area contributed by atoms with E-state index in [2.05, 4.69) is 9.97 Å². The Bertz CT molecular complexity index is 987. The molecule has 0 aliphatic rings. The Hall–Kier alpha value is -1.71. The van der Waals surface area contributed by atoms with Gasteiger partial charge in [0.15, 0.2) is 5.58 Å². The molecule has 26 heavy (non-hydrogen) atoms. The SMILES string of the molecule is O=S(=O)([O-])CCCOc1ccc2nc(/C=C/c3cccnc3)oc2c1.[Na+]. The Morgan fingerprint density at radius 1 is 1.23 bits per heavy atom. The monoisotopic (exact) mass is 382 g/mol. The Labute approximate surface area is 173 Å². The van der Waals surface area contributed by atoms with Gasteiger partial charge in [-0.15, -0.1) is 0 Å². The molecule has 9 heteroatoms. The molecular formula is C17H15N2NaO5S. The van der Waals surface area contributed by atoms with Gasteiger partial charge < -0.3 is 13.7 Å². The van der Waals surface area contributed by atoms with E-state index in [0.717, 1.165) is 5.56 Å². The zero-order chi connectivity index (χ0) is 17.7. The quantitative estimate of drug-likeness (QED) is 0.314. The molecule has 0 saturated heterocycles. The van der Waals surface area contributed by atoms with E-state index in [-0.39, 0.29) is 42.6 Å². The van der Waals surface area contributed by atoms with E-state index in [1.807, 2.05) is 18.2 Å². The van der Waals surface area contributed by atoms with Gasteiger partial charge in [-0.05, 0) is 36.3 Å². The molecule has 0 saturated carbocycles. The normalized spacial score (nSPS) is 11.6. The number of hydrogen-bond acceptors (Lipinski definition) is 7. The van der Waals surface area contributed by atoms with Crippen molar-refractivity contribution in [2.45, 2.75) is 6.42 Å². The second kappa shape index (κ2) is 9.29. The average molecular weight is 382 g/mol. The zero-order valence-electron chi connectivity index (χ0n) is 14.2. The largest absolute Gasteiger partial charge is 1.00 e. The smallest absolute Gasteiger partial charge is 0.748 e. The molecule has 0 bridgehead atoms. The molecule has 0 atom stereocenters. The first kappa shape index (κ1) is 20.6. The van der Waals surface area contributed by atoms with Crippen molar-refractivity contribution in [2.75, 3.05) is 12.4 Å². The van der Waals surface area contributed by atoms with Crippen LogP contribution in [0.4, 0.5) is 0 Å². The van der Waals surface area contributed by atoms with E-state index in [1.54, 1.807) is 36.7 Å². The van der Waals surface area contributed by atoms with E-state index in [0.29, 0.717) is 22.7 Å². The molecule has 2 heterocycles. The molecule has 0 aliphatic heterocycles. The van der Waals surface area contributed by atoms with Gasteiger partial charge in [0.1, 0.15) is 11.3 Å². The molecular weight excluding hydrogens is 367 g/mol. The van der Waals surface area contributed by atoms with Gasteiger partial charge in [0.2, 0.25) is 5.89 Å². The van der Waals surface area contributed by atoms with Crippen LogP contribution in [0.1, 0.15) is 17.9 Å². The van der Waals surface area contributed by atoms with Crippen LogP contribution < -0.4 is 34.3 Å². The van der Waals surface area contributed by atoms with Crippen LogP contribution in [0, 0.1) is 0 Å². The van der Waals surface area contributed by atoms with Crippen molar-refractivity contribution < 1.29 is 51.7 Å². The topological polar surface area (TPSA) is 105 Å². The van der Waals surface area contributed by atoms with E-state index < -0.39 is 15.9 Å². The summed E-state index contributed by atoms with van der Waals surface area (Å²) in [5.74, 6) is 0.532. The number of rotatable bonds is 7. The number of pyridine rings is 1. The number of aromatic nitrogens is 2. The predicted octanol–water partition coefficient (Wildman–Crippen LogP) is -0.289. The van der Waals surface area contributed by atoms with Crippen molar-refractivity contribution in [3.05, 3.63) is 54.2 Å². The molecule has 0 N–H and O–H groups in total. The molecule has 130 valence electrons. The molecule has 0 aliphatic carbocycles. The fraction of sp³-hybridized carbons (Fsp3) is 0.176. The van der Waals surface area contributed by atoms with Crippen molar-refractivity contribution >= 4 is 33.4 Å². The molecule has 0 unspecified atom stereocenters. The summed E-state index contributed by atoms with van der Waals surface area (Å²) in [5, 5.41) is 0. The van der Waals surface area contributed by atoms with Crippen LogP contribution in [0.2, 0.25) is 0 Å². The van der Waals surface area contributed by atoms with Gasteiger partial charge >= 0.3 is 29.6 Å². The molecule has 1 aromatic carbocycles. The van der Waals surface area contributed by atoms with Gasteiger partial charge in [-0.25, -0.2) is 13.4 Å². The van der Waals surface area contributed by atoms with Crippen LogP contribution in [-0.4, -0.2) is 35.3 Å². The summed E-state index contributed by atoms with van der Waals surface area (Å²) >= 11 is 0. The van der Waals surface area contributed by atoms with Crippen LogP contribution in [0.3, 0.4) is 0 Å². The molecule has 0 amide bonds. The maximum Gasteiger partial charge on any atom is 1.00 e. The Morgan fingerprint density at radius 3 is 2.81 bits per heavy atom. The maximum absolute atomic E-state index is 10.5. The van der Waals surface area contributed by atoms with Gasteiger partial charge in [0, 0.05) is 30.3 Å². The van der Waals surface area contributed by atoms with Crippen molar-refractivity contribution in [3.8, 4) is 5.75 Å². The number of benzene rings is 1. The number of oxazole rings is 1. The van der Waals surface area contributed by atoms with Crippen LogP contribution in [0.5, 0.6) is 5.75 Å². The standard InChI is InChI=1S/C17H16N2O5S.Na/c20-25(21,22)10-2-9-23-14-5-6-15-16(11-14)24-17(19-15)7-4-13-3-1-8-18-12-13;/h1,3-8,11-12H,2,9-10H2,(H,20,21,22);/q;+1/p-1/b7-4+;. The summed E-state index contributed by atoms with van der Waals surface area (Å²) in [5.41, 5.74) is 2.17. The minimum Gasteiger partial charge on any atom is -0.748 e. The van der Waals surface area contributed by atoms with Crippen molar-refractivity contribution in [2.24, 2.45) is 0 Å². The van der Waals surface area contributed by atoms with Crippen LogP contribution in [0.25, 0.3) is 23.3 Å². The second-order valence-corrected chi connectivity index (χ2v) is 6.79. The molecule has 3 aromatic rings. The number of hydrogen-bond donors (Lipinski definition) is 0. The minimum atomic E-state index is -4.21. The Kier molecular flexibility index (Phi) is 7.36. The number of ether oxygens (including phenoxy) is 1. The van der Waals surface area contributed by atoms with Crippen LogP contribution in [-0.2, 0) is 10.1 Å². The summed E-state index contributed by atoms with van der Waals surface area (Å²) in [7, 11) is -4.21. The van der Waals surface area contributed by atoms with Gasteiger partial charge in [-0.3, -0.25) is 4.98 Å². The molecule has 3 rings (SSSR count). The summed E-state index contributed by atoms with van der Waals surface area (Å²) in [6, 6.07) is 8.90. The zero-order valence-corrected chi connectivity index (χ0v) is 17.0. The number of fused-ring (bicyclic) bond motifs is 1. The Morgan fingerprint density at radius 2 is 2.08 bits per heavy atom. The molecule has 0 spiro atoms. The van der Waals surface area contributed by atoms with Gasteiger partial charge in [-0.1, -0.05) is 6.07 Å². The first-order chi connectivity index (χ1) is 12.0. The van der Waals surface area contributed by atoms with E-state index in [1.165, 1.54) is 0 Å². The van der Waals surface area contributed by atoms with Crippen LogP contribution >= 0.6 is 0 Å². The van der Waals surface area contributed by atoms with Gasteiger partial charge in [0.05, 0.1) is 16.7 Å². The second-order valence-electron chi connectivity index (χ2n) is 5.27. The Balaban J connectivity index is 0.00000243. The first-order valence-electron chi connectivity index (χ1n) is 7.55. The summed E-state index contributed by atoms with van der Waals surface area (Å²) in [6.07, 6.45) is 7.16. The average Bonchev–Trinajstić information content (AvgIpc) is 2.99. The van der Waals surface area contributed by atoms with E-state index in [4.69, 9.17) is 9.15 Å². The molecule has 7 nitrogen and oxygen atoms in total. The number of nitrogens with zero attached hydrogens (tertiary/aromatic N) is 2. The third-order valence-corrected chi connectivity index (χ3v) is 4.08. The molecule has 0 radical (unpaired) electrons. The van der Waals surface area contributed by atoms with Crippen molar-refractivity contribution in [1.82, 2.24) is 9.97 Å². The summed E-state index contributed by atoms with van der Waals surface area (Å²) in [6.45, 7) is 0.134. The fourth-order valence-corrected chi connectivity index (χ4v) is 2.62. The van der Waals surface area contributed by atoms with Gasteiger partial charge in [0.25, 0.3) is 0 Å². The van der Waals surface area contributed by atoms with Crippen molar-refractivity contribution in [3.63, 3.8) is 0 Å². The fourth-order valence-electron chi connectivity index (χ4n) is 2.15. The third kappa shape index (κ3) is 6.22.